The molecule has 2 nitrogen and oxygen atoms in total. The Morgan fingerprint density at radius 1 is 1.20 bits per heavy atom. The highest BCUT2D eigenvalue weighted by atomic mass is 19.3. The molecule has 0 radical (unpaired) electrons. The highest BCUT2D eigenvalue weighted by Gasteiger charge is 2.43. The summed E-state index contributed by atoms with van der Waals surface area (Å²) >= 11 is 0. The van der Waals surface area contributed by atoms with Crippen LogP contribution in [0.25, 0.3) is 0 Å². The number of alkyl halides is 4. The maximum absolute atomic E-state index is 13.5. The van der Waals surface area contributed by atoms with Crippen LogP contribution in [0.15, 0.2) is 18.2 Å². The molecular weight excluding hydrogens is 281 g/mol. The molecule has 0 aliphatic rings. The second-order valence-electron chi connectivity index (χ2n) is 4.63. The zero-order valence-corrected chi connectivity index (χ0v) is 11.3. The van der Waals surface area contributed by atoms with Crippen molar-refractivity contribution in [2.45, 2.75) is 24.9 Å². The van der Waals surface area contributed by atoms with Gasteiger partial charge < -0.3 is 9.64 Å². The van der Waals surface area contributed by atoms with Gasteiger partial charge in [0.2, 0.25) is 0 Å². The quantitative estimate of drug-likeness (QED) is 0.739. The molecule has 0 aromatic heterocycles. The maximum Gasteiger partial charge on any atom is 0.310 e. The smallest absolute Gasteiger partial charge is 0.310 e. The van der Waals surface area contributed by atoms with E-state index in [4.69, 9.17) is 4.74 Å². The first-order chi connectivity index (χ1) is 9.17. The van der Waals surface area contributed by atoms with Crippen molar-refractivity contribution in [1.82, 2.24) is 0 Å². The lowest BCUT2D eigenvalue weighted by Gasteiger charge is -2.23. The van der Waals surface area contributed by atoms with Gasteiger partial charge in [-0.2, -0.15) is 0 Å². The molecule has 7 heteroatoms. The molecule has 0 saturated heterocycles. The van der Waals surface area contributed by atoms with Crippen molar-refractivity contribution in [2.24, 2.45) is 0 Å². The highest BCUT2D eigenvalue weighted by Crippen LogP contribution is 2.36. The molecule has 114 valence electrons. The minimum atomic E-state index is -4.19. The van der Waals surface area contributed by atoms with E-state index in [-0.39, 0.29) is 5.56 Å². The van der Waals surface area contributed by atoms with Gasteiger partial charge in [0.15, 0.2) is 0 Å². The lowest BCUT2D eigenvalue weighted by molar-refractivity contribution is -0.152. The number of ether oxygens (including phenoxy) is 1. The van der Waals surface area contributed by atoms with Gasteiger partial charge >= 0.3 is 12.3 Å². The monoisotopic (exact) mass is 297 g/mol. The number of rotatable bonds is 6. The van der Waals surface area contributed by atoms with Crippen LogP contribution in [0, 0.1) is 5.82 Å². The first-order valence-corrected chi connectivity index (χ1v) is 5.84. The van der Waals surface area contributed by atoms with E-state index < -0.39 is 30.7 Å². The topological polar surface area (TPSA) is 12.5 Å². The minimum absolute atomic E-state index is 0.0940. The van der Waals surface area contributed by atoms with Crippen molar-refractivity contribution >= 4 is 5.69 Å². The Morgan fingerprint density at radius 2 is 1.80 bits per heavy atom. The lowest BCUT2D eigenvalue weighted by atomic mass is 10.0. The van der Waals surface area contributed by atoms with E-state index >= 15 is 0 Å². The molecule has 0 aliphatic heterocycles. The standard InChI is InChI=1S/C13H16F5NO/c1-19(2)10-5-8(4-9(14)6-10)11(20-3)7-13(17,18)12(15)16/h4-6,11-12H,7H2,1-3H3. The summed E-state index contributed by atoms with van der Waals surface area (Å²) in [6, 6.07) is 3.64. The molecule has 0 bridgehead atoms. The normalized spacial score (nSPS) is 13.7. The van der Waals surface area contributed by atoms with Crippen molar-refractivity contribution < 1.29 is 26.7 Å². The van der Waals surface area contributed by atoms with Gasteiger partial charge in [-0.05, 0) is 23.8 Å². The van der Waals surface area contributed by atoms with Crippen molar-refractivity contribution in [3.8, 4) is 0 Å². The van der Waals surface area contributed by atoms with Crippen LogP contribution in [0.5, 0.6) is 0 Å². The molecule has 0 aliphatic carbocycles. The molecule has 0 heterocycles. The summed E-state index contributed by atoms with van der Waals surface area (Å²) in [6.45, 7) is 0. The van der Waals surface area contributed by atoms with Gasteiger partial charge in [0.05, 0.1) is 6.10 Å². The summed E-state index contributed by atoms with van der Waals surface area (Å²) in [5, 5.41) is 0. The van der Waals surface area contributed by atoms with Gasteiger partial charge in [-0.3, -0.25) is 0 Å². The fourth-order valence-corrected chi connectivity index (χ4v) is 1.71. The summed E-state index contributed by atoms with van der Waals surface area (Å²) in [6.07, 6.45) is -6.31. The van der Waals surface area contributed by atoms with E-state index in [0.717, 1.165) is 13.2 Å². The summed E-state index contributed by atoms with van der Waals surface area (Å²) in [5.74, 6) is -4.83. The van der Waals surface area contributed by atoms with Crippen molar-refractivity contribution in [1.29, 1.82) is 0 Å². The molecule has 0 fully saturated rings. The van der Waals surface area contributed by atoms with E-state index in [0.29, 0.717) is 5.69 Å². The van der Waals surface area contributed by atoms with Gasteiger partial charge in [0, 0.05) is 33.3 Å². The summed E-state index contributed by atoms with van der Waals surface area (Å²) in [5.41, 5.74) is 0.527. The van der Waals surface area contributed by atoms with Gasteiger partial charge in [0.1, 0.15) is 5.82 Å². The lowest BCUT2D eigenvalue weighted by Crippen LogP contribution is -2.29. The molecule has 1 aromatic carbocycles. The molecule has 0 spiro atoms. The first-order valence-electron chi connectivity index (χ1n) is 5.84. The predicted molar refractivity (Wildman–Crippen MR) is 66.0 cm³/mol. The number of methoxy groups -OCH3 is 1. The zero-order chi connectivity index (χ0) is 15.5. The number of hydrogen-bond donors (Lipinski definition) is 0. The van der Waals surface area contributed by atoms with Crippen LogP contribution >= 0.6 is 0 Å². The van der Waals surface area contributed by atoms with Gasteiger partial charge in [-0.25, -0.2) is 22.0 Å². The molecule has 1 unspecified atom stereocenters. The van der Waals surface area contributed by atoms with E-state index in [9.17, 15) is 22.0 Å². The van der Waals surface area contributed by atoms with Crippen LogP contribution in [0.3, 0.4) is 0 Å². The van der Waals surface area contributed by atoms with E-state index in [2.05, 4.69) is 0 Å². The van der Waals surface area contributed by atoms with E-state index in [1.807, 2.05) is 0 Å². The molecule has 0 N–H and O–H groups in total. The Balaban J connectivity index is 3.06. The SMILES string of the molecule is COC(CC(F)(F)C(F)F)c1cc(F)cc(N(C)C)c1. The first kappa shape index (κ1) is 16.7. The maximum atomic E-state index is 13.5. The van der Waals surface area contributed by atoms with Crippen LogP contribution in [0.1, 0.15) is 18.1 Å². The molecule has 1 atom stereocenters. The summed E-state index contributed by atoms with van der Waals surface area (Å²) in [4.78, 5) is 1.57. The third kappa shape index (κ3) is 4.06. The van der Waals surface area contributed by atoms with Crippen LogP contribution in [0.2, 0.25) is 0 Å². The molecule has 1 aromatic rings. The third-order valence-electron chi connectivity index (χ3n) is 2.85. The van der Waals surface area contributed by atoms with Crippen molar-refractivity contribution in [2.75, 3.05) is 26.1 Å². The van der Waals surface area contributed by atoms with Crippen LogP contribution in [-0.2, 0) is 4.74 Å². The van der Waals surface area contributed by atoms with Crippen molar-refractivity contribution in [3.05, 3.63) is 29.6 Å². The summed E-state index contributed by atoms with van der Waals surface area (Å²) in [7, 11) is 4.41. The Morgan fingerprint density at radius 3 is 2.25 bits per heavy atom. The summed E-state index contributed by atoms with van der Waals surface area (Å²) < 4.78 is 68.9. The average molecular weight is 297 g/mol. The molecular formula is C13H16F5NO. The highest BCUT2D eigenvalue weighted by molar-refractivity contribution is 5.48. The average Bonchev–Trinajstić information content (AvgIpc) is 2.34. The number of nitrogens with zero attached hydrogens (tertiary/aromatic N) is 1. The minimum Gasteiger partial charge on any atom is -0.378 e. The Labute approximate surface area is 114 Å². The van der Waals surface area contributed by atoms with Crippen molar-refractivity contribution in [3.63, 3.8) is 0 Å². The second-order valence-corrected chi connectivity index (χ2v) is 4.63. The molecule has 1 rings (SSSR count). The van der Waals surface area contributed by atoms with Crippen LogP contribution in [0.4, 0.5) is 27.6 Å². The van der Waals surface area contributed by atoms with E-state index in [1.54, 1.807) is 19.0 Å². The van der Waals surface area contributed by atoms with Gasteiger partial charge in [0.25, 0.3) is 0 Å². The number of anilines is 1. The number of halogens is 5. The fourth-order valence-electron chi connectivity index (χ4n) is 1.71. The molecule has 0 saturated carbocycles. The fraction of sp³-hybridized carbons (Fsp3) is 0.538. The second kappa shape index (κ2) is 6.39. The van der Waals surface area contributed by atoms with E-state index in [1.165, 1.54) is 12.1 Å². The number of hydrogen-bond acceptors (Lipinski definition) is 2. The Kier molecular flexibility index (Phi) is 5.33. The number of benzene rings is 1. The molecule has 20 heavy (non-hydrogen) atoms. The Hall–Kier alpha value is -1.37. The van der Waals surface area contributed by atoms with Gasteiger partial charge in [-0.1, -0.05) is 0 Å². The Bertz CT molecular complexity index is 450. The van der Waals surface area contributed by atoms with Crippen LogP contribution < -0.4 is 4.90 Å². The predicted octanol–water partition coefficient (Wildman–Crippen LogP) is 3.87. The van der Waals surface area contributed by atoms with Gasteiger partial charge in [-0.15, -0.1) is 0 Å². The third-order valence-corrected chi connectivity index (χ3v) is 2.85. The zero-order valence-electron chi connectivity index (χ0n) is 11.3. The molecule has 0 amide bonds. The largest absolute Gasteiger partial charge is 0.378 e. The van der Waals surface area contributed by atoms with Crippen LogP contribution in [-0.4, -0.2) is 33.6 Å².